The van der Waals surface area contributed by atoms with Crippen molar-refractivity contribution >= 4 is 22.7 Å². The standard InChI is InChI=1S/C13H15N3O3/c1-16(9-3-4-9)7-12(17)14-8-2-5-11-10(6-8)15-13(18)19-11/h2,5-6,9H,3-4,7H2,1H3,(H,14,17)(H,15,18). The number of benzene rings is 1. The van der Waals surface area contributed by atoms with E-state index in [1.165, 1.54) is 12.8 Å². The summed E-state index contributed by atoms with van der Waals surface area (Å²) in [6, 6.07) is 5.62. The Kier molecular flexibility index (Phi) is 2.87. The van der Waals surface area contributed by atoms with Crippen LogP contribution in [0.4, 0.5) is 5.69 Å². The van der Waals surface area contributed by atoms with Crippen molar-refractivity contribution in [2.75, 3.05) is 18.9 Å². The summed E-state index contributed by atoms with van der Waals surface area (Å²) in [5.41, 5.74) is 1.72. The number of likely N-dealkylation sites (N-methyl/N-ethyl adjacent to an activating group) is 1. The number of fused-ring (bicyclic) bond motifs is 1. The van der Waals surface area contributed by atoms with E-state index >= 15 is 0 Å². The van der Waals surface area contributed by atoms with Crippen LogP contribution < -0.4 is 11.1 Å². The number of anilines is 1. The first-order valence-electron chi connectivity index (χ1n) is 6.25. The number of oxazole rings is 1. The number of nitrogens with zero attached hydrogens (tertiary/aromatic N) is 1. The normalized spacial score (nSPS) is 15.1. The average Bonchev–Trinajstić information content (AvgIpc) is 3.11. The van der Waals surface area contributed by atoms with Crippen LogP contribution in [0.5, 0.6) is 0 Å². The highest BCUT2D eigenvalue weighted by Gasteiger charge is 2.27. The third-order valence-corrected chi connectivity index (χ3v) is 3.27. The van der Waals surface area contributed by atoms with Gasteiger partial charge in [-0.15, -0.1) is 0 Å². The molecule has 0 atom stereocenters. The molecule has 100 valence electrons. The van der Waals surface area contributed by atoms with Crippen molar-refractivity contribution in [2.45, 2.75) is 18.9 Å². The van der Waals surface area contributed by atoms with E-state index in [2.05, 4.69) is 10.3 Å². The zero-order valence-electron chi connectivity index (χ0n) is 10.6. The predicted molar refractivity (Wildman–Crippen MR) is 71.1 cm³/mol. The highest BCUT2D eigenvalue weighted by Crippen LogP contribution is 2.25. The minimum Gasteiger partial charge on any atom is -0.408 e. The Bertz CT molecular complexity index is 669. The van der Waals surface area contributed by atoms with E-state index < -0.39 is 5.76 Å². The number of H-pyrrole nitrogens is 1. The van der Waals surface area contributed by atoms with Crippen molar-refractivity contribution in [3.05, 3.63) is 28.7 Å². The summed E-state index contributed by atoms with van der Waals surface area (Å²) < 4.78 is 4.90. The molecule has 1 aliphatic carbocycles. The lowest BCUT2D eigenvalue weighted by Crippen LogP contribution is -2.31. The Labute approximate surface area is 109 Å². The van der Waals surface area contributed by atoms with Gasteiger partial charge in [-0.25, -0.2) is 4.79 Å². The lowest BCUT2D eigenvalue weighted by atomic mass is 10.3. The molecular formula is C13H15N3O3. The third-order valence-electron chi connectivity index (χ3n) is 3.27. The van der Waals surface area contributed by atoms with Gasteiger partial charge in [0.15, 0.2) is 5.58 Å². The van der Waals surface area contributed by atoms with E-state index in [4.69, 9.17) is 4.42 Å². The fourth-order valence-electron chi connectivity index (χ4n) is 2.10. The maximum atomic E-state index is 11.8. The van der Waals surface area contributed by atoms with Gasteiger partial charge in [-0.05, 0) is 38.1 Å². The van der Waals surface area contributed by atoms with Gasteiger partial charge in [0.05, 0.1) is 12.1 Å². The van der Waals surface area contributed by atoms with Gasteiger partial charge in [-0.1, -0.05) is 0 Å². The molecule has 0 bridgehead atoms. The van der Waals surface area contributed by atoms with Gasteiger partial charge in [0.2, 0.25) is 5.91 Å². The molecule has 2 aromatic rings. The van der Waals surface area contributed by atoms with Crippen LogP contribution in [0.15, 0.2) is 27.4 Å². The van der Waals surface area contributed by atoms with Gasteiger partial charge >= 0.3 is 5.76 Å². The molecule has 1 fully saturated rings. The maximum absolute atomic E-state index is 11.8. The van der Waals surface area contributed by atoms with Crippen molar-refractivity contribution in [3.8, 4) is 0 Å². The van der Waals surface area contributed by atoms with Crippen molar-refractivity contribution < 1.29 is 9.21 Å². The number of amides is 1. The summed E-state index contributed by atoms with van der Waals surface area (Å²) in [5, 5.41) is 2.81. The van der Waals surface area contributed by atoms with Crippen LogP contribution in [0.25, 0.3) is 11.1 Å². The molecule has 0 aliphatic heterocycles. The number of nitrogens with one attached hydrogen (secondary N) is 2. The summed E-state index contributed by atoms with van der Waals surface area (Å²) >= 11 is 0. The van der Waals surface area contributed by atoms with E-state index in [1.54, 1.807) is 18.2 Å². The average molecular weight is 261 g/mol. The van der Waals surface area contributed by atoms with E-state index in [-0.39, 0.29) is 5.91 Å². The van der Waals surface area contributed by atoms with Gasteiger partial charge in [0.1, 0.15) is 0 Å². The highest BCUT2D eigenvalue weighted by atomic mass is 16.4. The zero-order valence-corrected chi connectivity index (χ0v) is 10.6. The third kappa shape index (κ3) is 2.68. The minimum atomic E-state index is -0.494. The summed E-state index contributed by atoms with van der Waals surface area (Å²) in [4.78, 5) is 27.5. The molecule has 6 heteroatoms. The molecule has 1 aromatic heterocycles. The molecule has 1 heterocycles. The first-order chi connectivity index (χ1) is 9.11. The Hall–Kier alpha value is -2.08. The molecule has 2 N–H and O–H groups in total. The first kappa shape index (κ1) is 12.0. The second kappa shape index (κ2) is 4.55. The van der Waals surface area contributed by atoms with Gasteiger partial charge in [-0.2, -0.15) is 0 Å². The van der Waals surface area contributed by atoms with Gasteiger partial charge in [-0.3, -0.25) is 14.7 Å². The molecule has 0 saturated heterocycles. The highest BCUT2D eigenvalue weighted by molar-refractivity contribution is 5.94. The summed E-state index contributed by atoms with van der Waals surface area (Å²) in [6.45, 7) is 0.380. The number of aromatic amines is 1. The monoisotopic (exact) mass is 261 g/mol. The summed E-state index contributed by atoms with van der Waals surface area (Å²) in [6.07, 6.45) is 2.35. The molecule has 3 rings (SSSR count). The van der Waals surface area contributed by atoms with E-state index in [0.29, 0.717) is 29.4 Å². The van der Waals surface area contributed by atoms with Crippen LogP contribution in [0.3, 0.4) is 0 Å². The SMILES string of the molecule is CN(CC(=O)Nc1ccc2oc(=O)[nH]c2c1)C1CC1. The fourth-order valence-corrected chi connectivity index (χ4v) is 2.10. The van der Waals surface area contributed by atoms with Crippen molar-refractivity contribution in [3.63, 3.8) is 0 Å². The predicted octanol–water partition coefficient (Wildman–Crippen LogP) is 1.15. The number of carbonyl (C=O) groups excluding carboxylic acids is 1. The Morgan fingerprint density at radius 2 is 2.32 bits per heavy atom. The van der Waals surface area contributed by atoms with Crippen molar-refractivity contribution in [1.82, 2.24) is 9.88 Å². The molecule has 6 nitrogen and oxygen atoms in total. The zero-order chi connectivity index (χ0) is 13.4. The number of hydrogen-bond acceptors (Lipinski definition) is 4. The summed E-state index contributed by atoms with van der Waals surface area (Å²) in [5.74, 6) is -0.550. The van der Waals surface area contributed by atoms with Crippen molar-refractivity contribution in [2.24, 2.45) is 0 Å². The molecule has 1 amide bonds. The Morgan fingerprint density at radius 3 is 3.05 bits per heavy atom. The molecule has 1 saturated carbocycles. The van der Waals surface area contributed by atoms with Crippen LogP contribution in [0.2, 0.25) is 0 Å². The quantitative estimate of drug-likeness (QED) is 0.865. The van der Waals surface area contributed by atoms with Crippen LogP contribution in [0.1, 0.15) is 12.8 Å². The second-order valence-corrected chi connectivity index (χ2v) is 4.92. The van der Waals surface area contributed by atoms with Crippen LogP contribution in [0, 0.1) is 0 Å². The van der Waals surface area contributed by atoms with Gasteiger partial charge in [0.25, 0.3) is 0 Å². The van der Waals surface area contributed by atoms with E-state index in [1.807, 2.05) is 11.9 Å². The minimum absolute atomic E-state index is 0.0559. The molecule has 1 aromatic carbocycles. The molecule has 1 aliphatic rings. The number of aromatic nitrogens is 1. The number of carbonyl (C=O) groups is 1. The topological polar surface area (TPSA) is 78.3 Å². The summed E-state index contributed by atoms with van der Waals surface area (Å²) in [7, 11) is 1.95. The Morgan fingerprint density at radius 1 is 1.53 bits per heavy atom. The van der Waals surface area contributed by atoms with Crippen LogP contribution in [-0.4, -0.2) is 35.4 Å². The molecule has 0 radical (unpaired) electrons. The first-order valence-corrected chi connectivity index (χ1v) is 6.25. The lowest BCUT2D eigenvalue weighted by molar-refractivity contribution is -0.117. The van der Waals surface area contributed by atoms with E-state index in [9.17, 15) is 9.59 Å². The van der Waals surface area contributed by atoms with Gasteiger partial charge in [0, 0.05) is 11.7 Å². The molecular weight excluding hydrogens is 246 g/mol. The van der Waals surface area contributed by atoms with Gasteiger partial charge < -0.3 is 9.73 Å². The van der Waals surface area contributed by atoms with Crippen LogP contribution in [-0.2, 0) is 4.79 Å². The second-order valence-electron chi connectivity index (χ2n) is 4.92. The smallest absolute Gasteiger partial charge is 0.408 e. The molecule has 19 heavy (non-hydrogen) atoms. The van der Waals surface area contributed by atoms with E-state index in [0.717, 1.165) is 0 Å². The van der Waals surface area contributed by atoms with Crippen molar-refractivity contribution in [1.29, 1.82) is 0 Å². The Balaban J connectivity index is 1.69. The lowest BCUT2D eigenvalue weighted by Gasteiger charge is -2.14. The number of rotatable bonds is 4. The largest absolute Gasteiger partial charge is 0.417 e. The fraction of sp³-hybridized carbons (Fsp3) is 0.385. The molecule has 0 unspecified atom stereocenters. The van der Waals surface area contributed by atoms with Crippen LogP contribution >= 0.6 is 0 Å². The maximum Gasteiger partial charge on any atom is 0.417 e. The number of hydrogen-bond donors (Lipinski definition) is 2. The molecule has 0 spiro atoms.